The van der Waals surface area contributed by atoms with Crippen molar-refractivity contribution in [3.63, 3.8) is 0 Å². The van der Waals surface area contributed by atoms with E-state index in [1.54, 1.807) is 7.11 Å². The summed E-state index contributed by atoms with van der Waals surface area (Å²) < 4.78 is 18.1. The van der Waals surface area contributed by atoms with Gasteiger partial charge in [0, 0.05) is 11.1 Å². The zero-order chi connectivity index (χ0) is 17.5. The Balaban J connectivity index is 1.88. The second-order valence-corrected chi connectivity index (χ2v) is 5.22. The van der Waals surface area contributed by atoms with Crippen molar-refractivity contribution >= 4 is 11.8 Å². The first-order chi connectivity index (χ1) is 11.5. The molecule has 5 nitrogen and oxygen atoms in total. The Morgan fingerprint density at radius 3 is 2.46 bits per heavy atom. The van der Waals surface area contributed by atoms with Gasteiger partial charge < -0.3 is 15.4 Å². The number of methoxy groups -OCH3 is 1. The maximum Gasteiger partial charge on any atom is 0.251 e. The molecule has 2 aromatic carbocycles. The molecule has 6 heteroatoms. The molecule has 1 atom stereocenters. The van der Waals surface area contributed by atoms with Crippen molar-refractivity contribution in [1.29, 1.82) is 0 Å². The van der Waals surface area contributed by atoms with E-state index in [0.29, 0.717) is 11.3 Å². The lowest BCUT2D eigenvalue weighted by molar-refractivity contribution is -0.120. The molecule has 0 spiro atoms. The number of benzene rings is 2. The van der Waals surface area contributed by atoms with Gasteiger partial charge in [-0.1, -0.05) is 18.2 Å². The monoisotopic (exact) mass is 330 g/mol. The molecule has 0 bridgehead atoms. The summed E-state index contributed by atoms with van der Waals surface area (Å²) in [6.07, 6.45) is 0. The zero-order valence-electron chi connectivity index (χ0n) is 13.5. The number of halogens is 1. The molecule has 0 saturated heterocycles. The topological polar surface area (TPSA) is 67.4 Å². The minimum atomic E-state index is -0.435. The summed E-state index contributed by atoms with van der Waals surface area (Å²) in [5, 5.41) is 5.29. The molecule has 2 N–H and O–H groups in total. The molecule has 1 unspecified atom stereocenters. The number of carbonyl (C=O) groups excluding carboxylic acids is 2. The minimum absolute atomic E-state index is 0.171. The first-order valence-corrected chi connectivity index (χ1v) is 7.47. The third-order valence-corrected chi connectivity index (χ3v) is 3.50. The Hall–Kier alpha value is -2.89. The molecule has 0 aliphatic carbocycles. The largest absolute Gasteiger partial charge is 0.496 e. The van der Waals surface area contributed by atoms with Crippen molar-refractivity contribution in [2.45, 2.75) is 13.0 Å². The number of ether oxygens (including phenoxy) is 1. The average molecular weight is 330 g/mol. The van der Waals surface area contributed by atoms with E-state index in [2.05, 4.69) is 10.6 Å². The van der Waals surface area contributed by atoms with Crippen LogP contribution in [0, 0.1) is 5.82 Å². The minimum Gasteiger partial charge on any atom is -0.496 e. The molecular formula is C18H19FN2O3. The summed E-state index contributed by atoms with van der Waals surface area (Å²) in [5.74, 6) is -0.505. The predicted molar refractivity (Wildman–Crippen MR) is 88.3 cm³/mol. The Kier molecular flexibility index (Phi) is 5.89. The number of hydrogen-bond donors (Lipinski definition) is 2. The molecule has 0 aliphatic rings. The van der Waals surface area contributed by atoms with Crippen molar-refractivity contribution in [2.75, 3.05) is 13.7 Å². The van der Waals surface area contributed by atoms with Gasteiger partial charge in [0.25, 0.3) is 5.91 Å². The summed E-state index contributed by atoms with van der Waals surface area (Å²) in [6, 6.07) is 12.2. The molecule has 0 aromatic heterocycles. The predicted octanol–water partition coefficient (Wildman–Crippen LogP) is 2.44. The summed E-state index contributed by atoms with van der Waals surface area (Å²) in [4.78, 5) is 23.9. The van der Waals surface area contributed by atoms with Gasteiger partial charge in [0.05, 0.1) is 19.7 Å². The van der Waals surface area contributed by atoms with Crippen LogP contribution in [0.3, 0.4) is 0 Å². The standard InChI is InChI=1S/C18H19FN2O3/c1-12(15-5-3-4-6-16(15)24-2)21-17(22)11-20-18(23)13-7-9-14(19)10-8-13/h3-10,12H,11H2,1-2H3,(H,20,23)(H,21,22). The summed E-state index contributed by atoms with van der Waals surface area (Å²) >= 11 is 0. The molecule has 126 valence electrons. The van der Waals surface area contributed by atoms with Crippen LogP contribution in [0.4, 0.5) is 4.39 Å². The number of amides is 2. The van der Waals surface area contributed by atoms with Gasteiger partial charge in [-0.2, -0.15) is 0 Å². The second kappa shape index (κ2) is 8.10. The highest BCUT2D eigenvalue weighted by molar-refractivity contribution is 5.96. The average Bonchev–Trinajstić information content (AvgIpc) is 2.60. The van der Waals surface area contributed by atoms with Gasteiger partial charge in [-0.15, -0.1) is 0 Å². The zero-order valence-corrected chi connectivity index (χ0v) is 13.5. The molecule has 0 radical (unpaired) electrons. The number of rotatable bonds is 6. The van der Waals surface area contributed by atoms with Crippen LogP contribution < -0.4 is 15.4 Å². The van der Waals surface area contributed by atoms with E-state index in [4.69, 9.17) is 4.74 Å². The highest BCUT2D eigenvalue weighted by atomic mass is 19.1. The van der Waals surface area contributed by atoms with Crippen molar-refractivity contribution in [2.24, 2.45) is 0 Å². The number of para-hydroxylation sites is 1. The molecule has 0 aliphatic heterocycles. The summed E-state index contributed by atoms with van der Waals surface area (Å²) in [5.41, 5.74) is 1.14. The maximum atomic E-state index is 12.8. The Morgan fingerprint density at radius 1 is 1.12 bits per heavy atom. The molecule has 0 saturated carbocycles. The number of hydrogen-bond acceptors (Lipinski definition) is 3. The first-order valence-electron chi connectivity index (χ1n) is 7.47. The van der Waals surface area contributed by atoms with E-state index in [1.807, 2.05) is 31.2 Å². The van der Waals surface area contributed by atoms with Gasteiger partial charge in [0.1, 0.15) is 11.6 Å². The quantitative estimate of drug-likeness (QED) is 0.855. The van der Waals surface area contributed by atoms with Crippen LogP contribution in [-0.2, 0) is 4.79 Å². The van der Waals surface area contributed by atoms with Crippen molar-refractivity contribution in [1.82, 2.24) is 10.6 Å². The van der Waals surface area contributed by atoms with E-state index in [-0.39, 0.29) is 18.5 Å². The highest BCUT2D eigenvalue weighted by Gasteiger charge is 2.14. The molecular weight excluding hydrogens is 311 g/mol. The van der Waals surface area contributed by atoms with Crippen molar-refractivity contribution < 1.29 is 18.7 Å². The third kappa shape index (κ3) is 4.55. The summed E-state index contributed by atoms with van der Waals surface area (Å²) in [7, 11) is 1.57. The Morgan fingerprint density at radius 2 is 1.79 bits per heavy atom. The van der Waals surface area contributed by atoms with Crippen molar-refractivity contribution in [3.8, 4) is 5.75 Å². The lowest BCUT2D eigenvalue weighted by atomic mass is 10.1. The fourth-order valence-electron chi connectivity index (χ4n) is 2.26. The fraction of sp³-hybridized carbons (Fsp3) is 0.222. The Labute approximate surface area is 139 Å². The van der Waals surface area contributed by atoms with Crippen LogP contribution in [0.25, 0.3) is 0 Å². The SMILES string of the molecule is COc1ccccc1C(C)NC(=O)CNC(=O)c1ccc(F)cc1. The third-order valence-electron chi connectivity index (χ3n) is 3.50. The van der Waals surface area contributed by atoms with Crippen LogP contribution >= 0.6 is 0 Å². The lowest BCUT2D eigenvalue weighted by Gasteiger charge is -2.17. The smallest absolute Gasteiger partial charge is 0.251 e. The molecule has 2 amide bonds. The molecule has 0 heterocycles. The number of nitrogens with one attached hydrogen (secondary N) is 2. The molecule has 2 aromatic rings. The Bertz CT molecular complexity index is 716. The summed E-state index contributed by atoms with van der Waals surface area (Å²) in [6.45, 7) is 1.66. The van der Waals surface area contributed by atoms with Gasteiger partial charge in [0.15, 0.2) is 0 Å². The molecule has 2 rings (SSSR count). The fourth-order valence-corrected chi connectivity index (χ4v) is 2.26. The van der Waals surface area contributed by atoms with E-state index >= 15 is 0 Å². The van der Waals surface area contributed by atoms with Crippen LogP contribution in [0.5, 0.6) is 5.75 Å². The normalized spacial score (nSPS) is 11.5. The van der Waals surface area contributed by atoms with Crippen LogP contribution in [0.1, 0.15) is 28.9 Å². The second-order valence-electron chi connectivity index (χ2n) is 5.22. The highest BCUT2D eigenvalue weighted by Crippen LogP contribution is 2.24. The molecule has 24 heavy (non-hydrogen) atoms. The number of carbonyl (C=O) groups is 2. The van der Waals surface area contributed by atoms with E-state index < -0.39 is 11.7 Å². The van der Waals surface area contributed by atoms with Crippen molar-refractivity contribution in [3.05, 3.63) is 65.5 Å². The lowest BCUT2D eigenvalue weighted by Crippen LogP contribution is -2.38. The molecule has 0 fully saturated rings. The van der Waals surface area contributed by atoms with Crippen LogP contribution in [-0.4, -0.2) is 25.5 Å². The van der Waals surface area contributed by atoms with Gasteiger partial charge >= 0.3 is 0 Å². The van der Waals surface area contributed by atoms with Crippen LogP contribution in [0.15, 0.2) is 48.5 Å². The van der Waals surface area contributed by atoms with Gasteiger partial charge in [-0.3, -0.25) is 9.59 Å². The maximum absolute atomic E-state index is 12.8. The van der Waals surface area contributed by atoms with E-state index in [1.165, 1.54) is 24.3 Å². The first kappa shape index (κ1) is 17.5. The van der Waals surface area contributed by atoms with Gasteiger partial charge in [-0.25, -0.2) is 4.39 Å². The van der Waals surface area contributed by atoms with E-state index in [9.17, 15) is 14.0 Å². The van der Waals surface area contributed by atoms with Gasteiger partial charge in [0.2, 0.25) is 5.91 Å². The van der Waals surface area contributed by atoms with E-state index in [0.717, 1.165) is 5.56 Å². The van der Waals surface area contributed by atoms with Gasteiger partial charge in [-0.05, 0) is 37.3 Å². The van der Waals surface area contributed by atoms with Crippen LogP contribution in [0.2, 0.25) is 0 Å².